The highest BCUT2D eigenvalue weighted by atomic mass is 35.5. The van der Waals surface area contributed by atoms with E-state index >= 15 is 0 Å². The van der Waals surface area contributed by atoms with Gasteiger partial charge in [0.1, 0.15) is 0 Å². The van der Waals surface area contributed by atoms with Gasteiger partial charge in [-0.1, -0.05) is 23.7 Å². The van der Waals surface area contributed by atoms with Crippen LogP contribution in [0.2, 0.25) is 5.02 Å². The number of nitrogens with zero attached hydrogens (tertiary/aromatic N) is 1. The van der Waals surface area contributed by atoms with Gasteiger partial charge in [0.15, 0.2) is 0 Å². The maximum Gasteiger partial charge on any atom is 0.258 e. The molecule has 0 unspecified atom stereocenters. The third kappa shape index (κ3) is 2.20. The van der Waals surface area contributed by atoms with Gasteiger partial charge in [-0.05, 0) is 23.8 Å². The molecular formula is C14H9ClN2OS. The molecule has 0 atom stereocenters. The van der Waals surface area contributed by atoms with Gasteiger partial charge in [0.25, 0.3) is 5.91 Å². The first-order valence-corrected chi connectivity index (χ1v) is 6.78. The average Bonchev–Trinajstić information content (AvgIpc) is 2.83. The summed E-state index contributed by atoms with van der Waals surface area (Å²) in [5.41, 5.74) is 7.30. The fourth-order valence-electron chi connectivity index (χ4n) is 1.94. The van der Waals surface area contributed by atoms with Crippen molar-refractivity contribution in [3.63, 3.8) is 0 Å². The molecule has 5 heteroatoms. The molecule has 94 valence electrons. The van der Waals surface area contributed by atoms with Gasteiger partial charge in [0.2, 0.25) is 0 Å². The van der Waals surface area contributed by atoms with Crippen molar-refractivity contribution in [3.8, 4) is 11.1 Å². The molecule has 19 heavy (non-hydrogen) atoms. The van der Waals surface area contributed by atoms with Crippen molar-refractivity contribution in [2.24, 2.45) is 5.73 Å². The Morgan fingerprint density at radius 2 is 1.95 bits per heavy atom. The van der Waals surface area contributed by atoms with Crippen LogP contribution in [0.25, 0.3) is 21.2 Å². The van der Waals surface area contributed by atoms with Crippen LogP contribution in [0.15, 0.2) is 42.7 Å². The number of carbonyl (C=O) groups is 1. The Morgan fingerprint density at radius 3 is 2.63 bits per heavy atom. The first-order chi connectivity index (χ1) is 9.15. The average molecular weight is 289 g/mol. The second-order valence-electron chi connectivity index (χ2n) is 4.08. The van der Waals surface area contributed by atoms with E-state index < -0.39 is 5.91 Å². The zero-order valence-electron chi connectivity index (χ0n) is 9.76. The zero-order chi connectivity index (χ0) is 13.4. The third-order valence-electron chi connectivity index (χ3n) is 2.84. The van der Waals surface area contributed by atoms with Crippen molar-refractivity contribution in [3.05, 3.63) is 52.6 Å². The van der Waals surface area contributed by atoms with Crippen LogP contribution in [-0.2, 0) is 0 Å². The number of carbonyl (C=O) groups excluding carboxylic acids is 1. The normalized spacial score (nSPS) is 10.8. The summed E-state index contributed by atoms with van der Waals surface area (Å²) in [5, 5.41) is 1.67. The van der Waals surface area contributed by atoms with E-state index in [0.29, 0.717) is 9.90 Å². The minimum Gasteiger partial charge on any atom is -0.365 e. The van der Waals surface area contributed by atoms with Crippen molar-refractivity contribution in [1.82, 2.24) is 4.98 Å². The van der Waals surface area contributed by atoms with E-state index in [1.54, 1.807) is 12.4 Å². The predicted molar refractivity (Wildman–Crippen MR) is 78.6 cm³/mol. The van der Waals surface area contributed by atoms with E-state index in [2.05, 4.69) is 4.98 Å². The van der Waals surface area contributed by atoms with Crippen molar-refractivity contribution in [2.75, 3.05) is 0 Å². The number of hydrogen-bond donors (Lipinski definition) is 1. The number of aromatic nitrogens is 1. The van der Waals surface area contributed by atoms with Gasteiger partial charge in [0, 0.05) is 28.4 Å². The molecule has 2 aromatic heterocycles. The SMILES string of the molecule is NC(=O)c1cc2c(-c3ccc(Cl)cc3)cncc2s1. The molecule has 2 heterocycles. The highest BCUT2D eigenvalue weighted by molar-refractivity contribution is 7.20. The molecule has 0 spiro atoms. The Bertz CT molecular complexity index is 765. The molecule has 3 aromatic rings. The number of thiophene rings is 1. The number of pyridine rings is 1. The summed E-state index contributed by atoms with van der Waals surface area (Å²) < 4.78 is 0.946. The quantitative estimate of drug-likeness (QED) is 0.781. The predicted octanol–water partition coefficient (Wildman–Crippen LogP) is 3.72. The Morgan fingerprint density at radius 1 is 1.21 bits per heavy atom. The number of rotatable bonds is 2. The molecular weight excluding hydrogens is 280 g/mol. The lowest BCUT2D eigenvalue weighted by atomic mass is 10.0. The molecule has 0 aliphatic rings. The summed E-state index contributed by atoms with van der Waals surface area (Å²) in [4.78, 5) is 16.0. The van der Waals surface area contributed by atoms with Crippen molar-refractivity contribution >= 4 is 38.9 Å². The lowest BCUT2D eigenvalue weighted by molar-refractivity contribution is 0.100. The summed E-state index contributed by atoms with van der Waals surface area (Å²) in [6.45, 7) is 0. The standard InChI is InChI=1S/C14H9ClN2OS/c15-9-3-1-8(2-4-9)11-6-17-7-13-10(11)5-12(19-13)14(16)18/h1-7H,(H2,16,18). The Labute approximate surface area is 118 Å². The van der Waals surface area contributed by atoms with Gasteiger partial charge in [-0.3, -0.25) is 9.78 Å². The fourth-order valence-corrected chi connectivity index (χ4v) is 2.97. The zero-order valence-corrected chi connectivity index (χ0v) is 11.3. The fraction of sp³-hybridized carbons (Fsp3) is 0. The smallest absolute Gasteiger partial charge is 0.258 e. The first-order valence-electron chi connectivity index (χ1n) is 5.58. The van der Waals surface area contributed by atoms with Crippen LogP contribution in [0.3, 0.4) is 0 Å². The van der Waals surface area contributed by atoms with E-state index in [9.17, 15) is 4.79 Å². The van der Waals surface area contributed by atoms with Gasteiger partial charge < -0.3 is 5.73 Å². The second kappa shape index (κ2) is 4.64. The topological polar surface area (TPSA) is 56.0 Å². The molecule has 0 aliphatic carbocycles. The Balaban J connectivity index is 2.23. The number of nitrogens with two attached hydrogens (primary N) is 1. The molecule has 0 aliphatic heterocycles. The Kier molecular flexibility index (Phi) is 2.97. The summed E-state index contributed by atoms with van der Waals surface area (Å²) in [6.07, 6.45) is 3.52. The summed E-state index contributed by atoms with van der Waals surface area (Å²) in [7, 11) is 0. The minimum absolute atomic E-state index is 0.414. The maximum absolute atomic E-state index is 11.3. The lowest BCUT2D eigenvalue weighted by Crippen LogP contribution is -2.08. The highest BCUT2D eigenvalue weighted by Gasteiger charge is 2.11. The van der Waals surface area contributed by atoms with E-state index in [4.69, 9.17) is 17.3 Å². The van der Waals surface area contributed by atoms with E-state index in [1.807, 2.05) is 30.3 Å². The molecule has 0 fully saturated rings. The first kappa shape index (κ1) is 12.1. The van der Waals surface area contributed by atoms with Gasteiger partial charge in [-0.15, -0.1) is 11.3 Å². The van der Waals surface area contributed by atoms with Crippen LogP contribution < -0.4 is 5.73 Å². The van der Waals surface area contributed by atoms with Crippen molar-refractivity contribution in [1.29, 1.82) is 0 Å². The molecule has 2 N–H and O–H groups in total. The highest BCUT2D eigenvalue weighted by Crippen LogP contribution is 2.33. The largest absolute Gasteiger partial charge is 0.365 e. The van der Waals surface area contributed by atoms with Crippen molar-refractivity contribution in [2.45, 2.75) is 0 Å². The number of primary amides is 1. The van der Waals surface area contributed by atoms with Crippen LogP contribution in [0.1, 0.15) is 9.67 Å². The summed E-state index contributed by atoms with van der Waals surface area (Å²) >= 11 is 7.24. The van der Waals surface area contributed by atoms with Crippen LogP contribution >= 0.6 is 22.9 Å². The summed E-state index contributed by atoms with van der Waals surface area (Å²) in [6, 6.07) is 9.34. The second-order valence-corrected chi connectivity index (χ2v) is 5.60. The molecule has 3 rings (SSSR count). The van der Waals surface area contributed by atoms with Gasteiger partial charge in [0.05, 0.1) is 9.58 Å². The molecule has 0 saturated heterocycles. The Hall–Kier alpha value is -1.91. The molecule has 3 nitrogen and oxygen atoms in total. The number of benzene rings is 1. The van der Waals surface area contributed by atoms with Gasteiger partial charge >= 0.3 is 0 Å². The number of amides is 1. The maximum atomic E-state index is 11.3. The molecule has 1 aromatic carbocycles. The van der Waals surface area contributed by atoms with E-state index in [1.165, 1.54) is 11.3 Å². The monoisotopic (exact) mass is 288 g/mol. The van der Waals surface area contributed by atoms with E-state index in [-0.39, 0.29) is 0 Å². The van der Waals surface area contributed by atoms with E-state index in [0.717, 1.165) is 21.2 Å². The van der Waals surface area contributed by atoms with Crippen LogP contribution in [-0.4, -0.2) is 10.9 Å². The number of fused-ring (bicyclic) bond motifs is 1. The van der Waals surface area contributed by atoms with Crippen LogP contribution in [0.5, 0.6) is 0 Å². The van der Waals surface area contributed by atoms with Gasteiger partial charge in [-0.2, -0.15) is 0 Å². The van der Waals surface area contributed by atoms with Crippen molar-refractivity contribution < 1.29 is 4.79 Å². The number of hydrogen-bond acceptors (Lipinski definition) is 3. The molecule has 0 bridgehead atoms. The van der Waals surface area contributed by atoms with Crippen LogP contribution in [0, 0.1) is 0 Å². The number of halogens is 1. The summed E-state index contributed by atoms with van der Waals surface area (Å²) in [5.74, 6) is -0.414. The lowest BCUT2D eigenvalue weighted by Gasteiger charge is -2.02. The molecule has 1 amide bonds. The van der Waals surface area contributed by atoms with Gasteiger partial charge in [-0.25, -0.2) is 0 Å². The van der Waals surface area contributed by atoms with Crippen LogP contribution in [0.4, 0.5) is 0 Å². The molecule has 0 saturated carbocycles. The minimum atomic E-state index is -0.414. The third-order valence-corrected chi connectivity index (χ3v) is 4.18. The molecule has 0 radical (unpaired) electrons.